The van der Waals surface area contributed by atoms with Crippen LogP contribution in [0, 0.1) is 0 Å². The number of hydrogen-bond acceptors (Lipinski definition) is 7. The van der Waals surface area contributed by atoms with Gasteiger partial charge in [0.25, 0.3) is 11.8 Å². The summed E-state index contributed by atoms with van der Waals surface area (Å²) in [6.45, 7) is 2.42. The number of imide groups is 2. The molecule has 0 saturated carbocycles. The van der Waals surface area contributed by atoms with Crippen molar-refractivity contribution in [3.8, 4) is 5.75 Å². The average Bonchev–Trinajstić information content (AvgIpc) is 2.74. The van der Waals surface area contributed by atoms with Gasteiger partial charge < -0.3 is 10.4 Å². The van der Waals surface area contributed by atoms with Gasteiger partial charge in [0, 0.05) is 44.8 Å². The fraction of sp³-hybridized carbons (Fsp3) is 0.227. The van der Waals surface area contributed by atoms with Crippen LogP contribution in [-0.2, 0) is 29.4 Å². The van der Waals surface area contributed by atoms with Crippen molar-refractivity contribution >= 4 is 46.8 Å². The van der Waals surface area contributed by atoms with Crippen LogP contribution in [0.4, 0.5) is 10.5 Å². The fourth-order valence-electron chi connectivity index (χ4n) is 3.78. The molecule has 33 heavy (non-hydrogen) atoms. The van der Waals surface area contributed by atoms with E-state index in [1.807, 2.05) is 0 Å². The number of carbonyl (C=O) groups excluding carboxylic acids is 6. The highest BCUT2D eigenvalue weighted by atomic mass is 16.3. The average molecular weight is 452 g/mol. The van der Waals surface area contributed by atoms with E-state index in [1.54, 1.807) is 0 Å². The molecule has 170 valence electrons. The van der Waals surface area contributed by atoms with Gasteiger partial charge in [-0.05, 0) is 36.4 Å². The molecule has 0 radical (unpaired) electrons. The van der Waals surface area contributed by atoms with Gasteiger partial charge in [-0.15, -0.1) is 0 Å². The maximum Gasteiger partial charge on any atom is 0.332 e. The zero-order chi connectivity index (χ0) is 24.7. The number of nitrogens with zero attached hydrogens (tertiary/aromatic N) is 3. The second-order valence-electron chi connectivity index (χ2n) is 7.49. The van der Waals surface area contributed by atoms with E-state index in [0.717, 1.165) is 32.3 Å². The van der Waals surface area contributed by atoms with Crippen LogP contribution < -0.4 is 5.32 Å². The number of phenolic OH excluding ortho intramolecular Hbond substituents is 1. The lowest BCUT2D eigenvalue weighted by Crippen LogP contribution is -2.66. The summed E-state index contributed by atoms with van der Waals surface area (Å²) in [7, 11) is 2.26. The number of carbonyl (C=O) groups is 6. The first-order valence-electron chi connectivity index (χ1n) is 9.66. The van der Waals surface area contributed by atoms with Crippen LogP contribution in [0.5, 0.6) is 5.75 Å². The Morgan fingerprint density at radius 2 is 1.61 bits per heavy atom. The predicted octanol–water partition coefficient (Wildman–Crippen LogP) is 0.692. The van der Waals surface area contributed by atoms with Crippen molar-refractivity contribution < 1.29 is 33.9 Å². The zero-order valence-electron chi connectivity index (χ0n) is 18.2. The summed E-state index contributed by atoms with van der Waals surface area (Å²) in [5, 5.41) is 13.2. The van der Waals surface area contributed by atoms with Crippen molar-refractivity contribution in [2.45, 2.75) is 19.3 Å². The molecule has 0 aromatic heterocycles. The summed E-state index contributed by atoms with van der Waals surface area (Å²) in [5.41, 5.74) is -3.10. The van der Waals surface area contributed by atoms with Gasteiger partial charge in [-0.1, -0.05) is 0 Å². The van der Waals surface area contributed by atoms with Crippen molar-refractivity contribution in [1.82, 2.24) is 9.80 Å². The van der Waals surface area contributed by atoms with E-state index in [1.165, 1.54) is 32.1 Å². The minimum atomic E-state index is -2.49. The third kappa shape index (κ3) is 3.73. The number of aliphatic imine (C=N–C) groups is 1. The molecular formula is C22H20N4O7. The third-order valence-corrected chi connectivity index (χ3v) is 5.20. The molecule has 2 aliphatic rings. The maximum absolute atomic E-state index is 13.6. The lowest BCUT2D eigenvalue weighted by molar-refractivity contribution is -0.149. The molecule has 11 nitrogen and oxygen atoms in total. The summed E-state index contributed by atoms with van der Waals surface area (Å²) < 4.78 is 0. The topological polar surface area (TPSA) is 154 Å². The normalized spacial score (nSPS) is 19.2. The first-order valence-corrected chi connectivity index (χ1v) is 9.66. The van der Waals surface area contributed by atoms with Crippen LogP contribution in [0.2, 0.25) is 0 Å². The number of ketones is 1. The molecule has 1 aromatic rings. The molecule has 1 aromatic carbocycles. The monoisotopic (exact) mass is 452 g/mol. The fourth-order valence-corrected chi connectivity index (χ4v) is 3.78. The predicted molar refractivity (Wildman–Crippen MR) is 115 cm³/mol. The van der Waals surface area contributed by atoms with E-state index in [2.05, 4.69) is 10.3 Å². The van der Waals surface area contributed by atoms with Crippen LogP contribution in [-0.4, -0.2) is 70.2 Å². The Bertz CT molecular complexity index is 1200. The summed E-state index contributed by atoms with van der Waals surface area (Å²) in [4.78, 5) is 80.7. The second kappa shape index (κ2) is 8.26. The van der Waals surface area contributed by atoms with Gasteiger partial charge in [-0.25, -0.2) is 9.79 Å². The highest BCUT2D eigenvalue weighted by Gasteiger charge is 2.61. The lowest BCUT2D eigenvalue weighted by Gasteiger charge is -2.43. The number of aromatic hydroxyl groups is 1. The van der Waals surface area contributed by atoms with Crippen molar-refractivity contribution in [3.05, 3.63) is 47.6 Å². The summed E-state index contributed by atoms with van der Waals surface area (Å²) in [6, 6.07) is 2.73. The number of barbiturate groups is 1. The SMILES string of the molecule is CC(=O)N=C1C=CC(=O)C(C2(c3cc(NC(C)=O)ccc3O)C(=O)N(C)C(=O)N(C)C2=O)=C1. The molecular weight excluding hydrogens is 432 g/mol. The van der Waals surface area contributed by atoms with E-state index in [9.17, 15) is 33.9 Å². The van der Waals surface area contributed by atoms with Gasteiger partial charge in [0.15, 0.2) is 11.2 Å². The molecule has 6 amide bonds. The third-order valence-electron chi connectivity index (χ3n) is 5.20. The second-order valence-corrected chi connectivity index (χ2v) is 7.49. The van der Waals surface area contributed by atoms with Crippen LogP contribution >= 0.6 is 0 Å². The van der Waals surface area contributed by atoms with Gasteiger partial charge in [0.05, 0.1) is 5.71 Å². The number of likely N-dealkylation sites (N-methyl/N-ethyl adjacent to an activating group) is 2. The van der Waals surface area contributed by atoms with Gasteiger partial charge >= 0.3 is 6.03 Å². The summed E-state index contributed by atoms with van der Waals surface area (Å²) in [6.07, 6.45) is 3.37. The minimum Gasteiger partial charge on any atom is -0.508 e. The molecule has 0 bridgehead atoms. The Labute approximate surface area is 188 Å². The van der Waals surface area contributed by atoms with Crippen molar-refractivity contribution in [1.29, 1.82) is 0 Å². The molecule has 1 saturated heterocycles. The minimum absolute atomic E-state index is 0.00298. The van der Waals surface area contributed by atoms with E-state index in [0.29, 0.717) is 9.80 Å². The van der Waals surface area contributed by atoms with E-state index in [-0.39, 0.29) is 17.0 Å². The van der Waals surface area contributed by atoms with E-state index < -0.39 is 52.2 Å². The molecule has 2 N–H and O–H groups in total. The number of amides is 6. The Balaban J connectivity index is 2.43. The van der Waals surface area contributed by atoms with Gasteiger partial charge in [-0.3, -0.25) is 33.8 Å². The molecule has 11 heteroatoms. The van der Waals surface area contributed by atoms with E-state index >= 15 is 0 Å². The smallest absolute Gasteiger partial charge is 0.332 e. The van der Waals surface area contributed by atoms with Crippen molar-refractivity contribution in [2.75, 3.05) is 19.4 Å². The molecule has 0 spiro atoms. The Hall–Kier alpha value is -4.41. The number of urea groups is 1. The van der Waals surface area contributed by atoms with Crippen LogP contribution in [0.25, 0.3) is 0 Å². The summed E-state index contributed by atoms with van der Waals surface area (Å²) >= 11 is 0. The van der Waals surface area contributed by atoms with E-state index in [4.69, 9.17) is 0 Å². The van der Waals surface area contributed by atoms with Gasteiger partial charge in [0.1, 0.15) is 5.75 Å². The van der Waals surface area contributed by atoms with Gasteiger partial charge in [0.2, 0.25) is 11.8 Å². The standard InChI is InChI=1S/C22H20N4O7/c1-11(27)23-13-5-7-17(29)15(9-13)22(19(31)25(3)21(33)26(4)20(22)32)16-10-14(24-12(2)28)6-8-18(16)30/h5-10,29H,1-4H3,(H,23,27). The molecule has 1 heterocycles. The number of rotatable bonds is 3. The van der Waals surface area contributed by atoms with Gasteiger partial charge in [-0.2, -0.15) is 0 Å². The lowest BCUT2D eigenvalue weighted by atomic mass is 9.67. The number of anilines is 1. The number of phenols is 1. The first-order chi connectivity index (χ1) is 15.4. The molecule has 1 fully saturated rings. The van der Waals surface area contributed by atoms with Crippen LogP contribution in [0.15, 0.2) is 47.0 Å². The Morgan fingerprint density at radius 3 is 2.15 bits per heavy atom. The number of nitrogens with one attached hydrogen (secondary N) is 1. The molecule has 1 aliphatic carbocycles. The first kappa shape index (κ1) is 23.3. The largest absolute Gasteiger partial charge is 0.508 e. The maximum atomic E-state index is 13.6. The summed E-state index contributed by atoms with van der Waals surface area (Å²) in [5.74, 6) is -4.53. The number of benzene rings is 1. The molecule has 0 atom stereocenters. The van der Waals surface area contributed by atoms with Crippen molar-refractivity contribution in [2.24, 2.45) is 4.99 Å². The highest BCUT2D eigenvalue weighted by molar-refractivity contribution is 6.33. The molecule has 1 aliphatic heterocycles. The van der Waals surface area contributed by atoms with Crippen LogP contribution in [0.3, 0.4) is 0 Å². The molecule has 3 rings (SSSR count). The van der Waals surface area contributed by atoms with Crippen LogP contribution in [0.1, 0.15) is 19.4 Å². The number of hydrogen-bond donors (Lipinski definition) is 2. The highest BCUT2D eigenvalue weighted by Crippen LogP contribution is 2.45. The number of allylic oxidation sites excluding steroid dienone is 3. The Kier molecular flexibility index (Phi) is 5.82. The van der Waals surface area contributed by atoms with Crippen molar-refractivity contribution in [3.63, 3.8) is 0 Å². The Morgan fingerprint density at radius 1 is 1.00 bits per heavy atom. The molecule has 0 unspecified atom stereocenters. The zero-order valence-corrected chi connectivity index (χ0v) is 18.2. The quantitative estimate of drug-likeness (QED) is 0.389.